The summed E-state index contributed by atoms with van der Waals surface area (Å²) in [4.78, 5) is 11.1. The van der Waals surface area contributed by atoms with E-state index in [2.05, 4.69) is 0 Å². The second-order valence-electron chi connectivity index (χ2n) is 4.75. The Morgan fingerprint density at radius 1 is 1.46 bits per heavy atom. The molecule has 0 amide bonds. The molecule has 0 heterocycles. The lowest BCUT2D eigenvalue weighted by atomic mass is 9.61. The van der Waals surface area contributed by atoms with Gasteiger partial charge in [0.15, 0.2) is 5.60 Å². The molecule has 76 valence electrons. The predicted octanol–water partition coefficient (Wildman–Crippen LogP) is 1.65. The van der Waals surface area contributed by atoms with E-state index in [0.717, 1.165) is 19.3 Å². The summed E-state index contributed by atoms with van der Waals surface area (Å²) >= 11 is 0. The molecule has 1 aliphatic rings. The van der Waals surface area contributed by atoms with E-state index in [1.807, 2.05) is 20.8 Å². The molecule has 0 aromatic rings. The van der Waals surface area contributed by atoms with E-state index >= 15 is 0 Å². The lowest BCUT2D eigenvalue weighted by Gasteiger charge is -2.47. The minimum Gasteiger partial charge on any atom is -0.479 e. The molecule has 0 saturated heterocycles. The second-order valence-corrected chi connectivity index (χ2v) is 4.75. The fourth-order valence-electron chi connectivity index (χ4n) is 2.42. The van der Waals surface area contributed by atoms with Crippen molar-refractivity contribution in [3.63, 3.8) is 0 Å². The van der Waals surface area contributed by atoms with E-state index in [-0.39, 0.29) is 5.92 Å². The number of rotatable bonds is 1. The van der Waals surface area contributed by atoms with Crippen LogP contribution in [-0.4, -0.2) is 21.8 Å². The Bertz CT molecular complexity index is 222. The zero-order chi connectivity index (χ0) is 10.3. The molecular weight excluding hydrogens is 168 g/mol. The van der Waals surface area contributed by atoms with Crippen LogP contribution in [0.15, 0.2) is 0 Å². The van der Waals surface area contributed by atoms with Gasteiger partial charge in [0.1, 0.15) is 0 Å². The zero-order valence-electron chi connectivity index (χ0n) is 8.50. The third-order valence-corrected chi connectivity index (χ3v) is 3.51. The average Bonchev–Trinajstić information content (AvgIpc) is 1.99. The molecule has 1 rings (SSSR count). The van der Waals surface area contributed by atoms with E-state index in [1.165, 1.54) is 0 Å². The summed E-state index contributed by atoms with van der Waals surface area (Å²) in [6, 6.07) is 0. The van der Waals surface area contributed by atoms with Crippen molar-refractivity contribution >= 4 is 5.97 Å². The molecule has 0 aliphatic heterocycles. The minimum absolute atomic E-state index is 0.159. The lowest BCUT2D eigenvalue weighted by molar-refractivity contribution is -0.190. The molecule has 2 N–H and O–H groups in total. The van der Waals surface area contributed by atoms with Crippen LogP contribution in [0.2, 0.25) is 0 Å². The van der Waals surface area contributed by atoms with Crippen LogP contribution in [0.1, 0.15) is 40.0 Å². The summed E-state index contributed by atoms with van der Waals surface area (Å²) < 4.78 is 0. The first kappa shape index (κ1) is 10.5. The average molecular weight is 186 g/mol. The first-order valence-electron chi connectivity index (χ1n) is 4.78. The van der Waals surface area contributed by atoms with Crippen LogP contribution in [0.25, 0.3) is 0 Å². The summed E-state index contributed by atoms with van der Waals surface area (Å²) in [5.41, 5.74) is -2.07. The Morgan fingerprint density at radius 3 is 2.31 bits per heavy atom. The van der Waals surface area contributed by atoms with Gasteiger partial charge < -0.3 is 10.2 Å². The number of aliphatic hydroxyl groups is 1. The Kier molecular flexibility index (Phi) is 2.41. The maximum Gasteiger partial charge on any atom is 0.336 e. The van der Waals surface area contributed by atoms with Crippen molar-refractivity contribution < 1.29 is 15.0 Å². The lowest BCUT2D eigenvalue weighted by Crippen LogP contribution is -2.58. The van der Waals surface area contributed by atoms with Crippen LogP contribution in [0.4, 0.5) is 0 Å². The van der Waals surface area contributed by atoms with Gasteiger partial charge in [-0.05, 0) is 18.8 Å². The number of hydrogen-bond donors (Lipinski definition) is 2. The van der Waals surface area contributed by atoms with Crippen LogP contribution in [0.3, 0.4) is 0 Å². The maximum absolute atomic E-state index is 11.1. The molecule has 0 radical (unpaired) electrons. The molecule has 2 atom stereocenters. The third-order valence-electron chi connectivity index (χ3n) is 3.51. The number of carboxylic acid groups (broad SMARTS) is 1. The standard InChI is InChI=1S/C10H18O3/c1-7-5-4-6-9(2,3)10(7,13)8(11)12/h7,13H,4-6H2,1-3H3,(H,11,12). The van der Waals surface area contributed by atoms with Crippen LogP contribution in [0, 0.1) is 11.3 Å². The third kappa shape index (κ3) is 1.35. The van der Waals surface area contributed by atoms with Crippen molar-refractivity contribution in [1.29, 1.82) is 0 Å². The monoisotopic (exact) mass is 186 g/mol. The van der Waals surface area contributed by atoms with Gasteiger partial charge >= 0.3 is 5.97 Å². The fourth-order valence-corrected chi connectivity index (χ4v) is 2.42. The first-order valence-corrected chi connectivity index (χ1v) is 4.78. The first-order chi connectivity index (χ1) is 5.82. The van der Waals surface area contributed by atoms with E-state index in [0.29, 0.717) is 0 Å². The summed E-state index contributed by atoms with van der Waals surface area (Å²) in [6.45, 7) is 5.47. The van der Waals surface area contributed by atoms with E-state index in [4.69, 9.17) is 5.11 Å². The van der Waals surface area contributed by atoms with Crippen molar-refractivity contribution in [2.75, 3.05) is 0 Å². The van der Waals surface area contributed by atoms with E-state index in [9.17, 15) is 9.90 Å². The van der Waals surface area contributed by atoms with E-state index in [1.54, 1.807) is 0 Å². The highest BCUT2D eigenvalue weighted by Crippen LogP contribution is 2.47. The Balaban J connectivity index is 3.05. The van der Waals surface area contributed by atoms with Gasteiger partial charge in [0.25, 0.3) is 0 Å². The van der Waals surface area contributed by atoms with Crippen molar-refractivity contribution in [3.05, 3.63) is 0 Å². The molecular formula is C10H18O3. The van der Waals surface area contributed by atoms with Gasteiger partial charge in [-0.25, -0.2) is 4.79 Å². The van der Waals surface area contributed by atoms with Gasteiger partial charge in [-0.2, -0.15) is 0 Å². The summed E-state index contributed by atoms with van der Waals surface area (Å²) in [6.07, 6.45) is 2.58. The molecule has 13 heavy (non-hydrogen) atoms. The SMILES string of the molecule is CC1CCCC(C)(C)C1(O)C(=O)O. The highest BCUT2D eigenvalue weighted by Gasteiger charge is 2.55. The van der Waals surface area contributed by atoms with Crippen molar-refractivity contribution in [2.24, 2.45) is 11.3 Å². The number of carboxylic acids is 1. The van der Waals surface area contributed by atoms with E-state index < -0.39 is 17.0 Å². The van der Waals surface area contributed by atoms with Crippen molar-refractivity contribution in [2.45, 2.75) is 45.6 Å². The summed E-state index contributed by atoms with van der Waals surface area (Å²) in [5, 5.41) is 19.2. The molecule has 0 spiro atoms. The van der Waals surface area contributed by atoms with Gasteiger partial charge in [-0.15, -0.1) is 0 Å². The van der Waals surface area contributed by atoms with Gasteiger partial charge in [0.2, 0.25) is 0 Å². The quantitative estimate of drug-likeness (QED) is 0.654. The molecule has 0 aromatic heterocycles. The molecule has 2 unspecified atom stereocenters. The molecule has 1 aliphatic carbocycles. The van der Waals surface area contributed by atoms with Gasteiger partial charge in [0, 0.05) is 5.41 Å². The fraction of sp³-hybridized carbons (Fsp3) is 0.900. The number of aliphatic carboxylic acids is 1. The van der Waals surface area contributed by atoms with Crippen LogP contribution < -0.4 is 0 Å². The second kappa shape index (κ2) is 2.98. The predicted molar refractivity (Wildman–Crippen MR) is 49.4 cm³/mol. The minimum atomic E-state index is -1.55. The highest BCUT2D eigenvalue weighted by molar-refractivity contribution is 5.78. The Morgan fingerprint density at radius 2 is 2.00 bits per heavy atom. The van der Waals surface area contributed by atoms with Crippen molar-refractivity contribution in [1.82, 2.24) is 0 Å². The van der Waals surface area contributed by atoms with Gasteiger partial charge in [-0.3, -0.25) is 0 Å². The summed E-state index contributed by atoms with van der Waals surface area (Å²) in [7, 11) is 0. The molecule has 3 heteroatoms. The van der Waals surface area contributed by atoms with Crippen LogP contribution in [-0.2, 0) is 4.79 Å². The van der Waals surface area contributed by atoms with Gasteiger partial charge in [0.05, 0.1) is 0 Å². The van der Waals surface area contributed by atoms with Crippen LogP contribution >= 0.6 is 0 Å². The highest BCUT2D eigenvalue weighted by atomic mass is 16.4. The van der Waals surface area contributed by atoms with Gasteiger partial charge in [-0.1, -0.05) is 27.2 Å². The number of carbonyl (C=O) groups is 1. The smallest absolute Gasteiger partial charge is 0.336 e. The van der Waals surface area contributed by atoms with Crippen LogP contribution in [0.5, 0.6) is 0 Å². The summed E-state index contributed by atoms with van der Waals surface area (Å²) in [5.74, 6) is -1.24. The molecule has 3 nitrogen and oxygen atoms in total. The molecule has 0 bridgehead atoms. The normalized spacial score (nSPS) is 38.6. The zero-order valence-corrected chi connectivity index (χ0v) is 8.50. The molecule has 1 saturated carbocycles. The van der Waals surface area contributed by atoms with Crippen molar-refractivity contribution in [3.8, 4) is 0 Å². The number of hydrogen-bond acceptors (Lipinski definition) is 2. The maximum atomic E-state index is 11.1. The largest absolute Gasteiger partial charge is 0.479 e. The Hall–Kier alpha value is -0.570. The topological polar surface area (TPSA) is 57.5 Å². The molecule has 0 aromatic carbocycles. The Labute approximate surface area is 78.8 Å². The molecule has 1 fully saturated rings.